The Morgan fingerprint density at radius 1 is 1.37 bits per heavy atom. The van der Waals surface area contributed by atoms with Crippen LogP contribution in [0.2, 0.25) is 0 Å². The van der Waals surface area contributed by atoms with Gasteiger partial charge in [-0.1, -0.05) is 0 Å². The maximum absolute atomic E-state index is 12.4. The molecule has 1 saturated carbocycles. The zero-order valence-corrected chi connectivity index (χ0v) is 11.1. The van der Waals surface area contributed by atoms with E-state index in [1.54, 1.807) is 13.8 Å². The molecule has 1 atom stereocenters. The molecule has 5 heteroatoms. The zero-order valence-electron chi connectivity index (χ0n) is 11.1. The molecule has 0 aromatic rings. The molecule has 100 valence electrons. The smallest absolute Gasteiger partial charge is 0.280 e. The van der Waals surface area contributed by atoms with Gasteiger partial charge in [-0.05, 0) is 45.3 Å². The second-order valence-electron chi connectivity index (χ2n) is 5.83. The molecule has 1 spiro atoms. The topological polar surface area (TPSA) is 80.4 Å². The van der Waals surface area contributed by atoms with Gasteiger partial charge in [-0.3, -0.25) is 14.9 Å². The van der Waals surface area contributed by atoms with Gasteiger partial charge in [-0.2, -0.15) is 0 Å². The monoisotopic (exact) mass is 261 g/mol. The molecule has 0 aromatic carbocycles. The number of fused-ring (bicyclic) bond motifs is 1. The molecule has 0 aliphatic heterocycles. The minimum absolute atomic E-state index is 0.0163. The lowest BCUT2D eigenvalue weighted by Gasteiger charge is -2.38. The first-order valence-electron chi connectivity index (χ1n) is 6.30. The lowest BCUT2D eigenvalue weighted by molar-refractivity contribution is -0.421. The average molecular weight is 261 g/mol. The third kappa shape index (κ3) is 1.21. The molecule has 5 nitrogen and oxygen atoms in total. The van der Waals surface area contributed by atoms with E-state index in [-0.39, 0.29) is 11.5 Å². The summed E-state index contributed by atoms with van der Waals surface area (Å²) in [6, 6.07) is 0. The Morgan fingerprint density at radius 3 is 2.42 bits per heavy atom. The molecular weight excluding hydrogens is 246 g/mol. The summed E-state index contributed by atoms with van der Waals surface area (Å²) < 4.78 is 0. The third-order valence-corrected chi connectivity index (χ3v) is 4.88. The van der Waals surface area contributed by atoms with Crippen molar-refractivity contribution in [3.05, 3.63) is 44.2 Å². The van der Waals surface area contributed by atoms with Crippen LogP contribution in [0.3, 0.4) is 0 Å². The SMILES string of the molecule is CC1=C([N+](=O)[O-])C2=C(C)C3(CC3)[C@@](C)(O)C(=O)C2=C1. The first-order chi connectivity index (χ1) is 8.74. The lowest BCUT2D eigenvalue weighted by atomic mass is 9.68. The molecule has 0 radical (unpaired) electrons. The van der Waals surface area contributed by atoms with Gasteiger partial charge < -0.3 is 5.11 Å². The molecule has 0 saturated heterocycles. The minimum atomic E-state index is -1.45. The number of nitrogens with zero attached hydrogens (tertiary/aromatic N) is 1. The standard InChI is InChI=1S/C14H15NO4/c1-7-6-9-10(11(7)15(18)19)8(2)14(4-5-14)13(3,17)12(9)16/h6,17H,4-5H2,1-3H3/t13-/m0/s1. The Hall–Kier alpha value is -1.75. The lowest BCUT2D eigenvalue weighted by Crippen LogP contribution is -2.49. The van der Waals surface area contributed by atoms with E-state index in [9.17, 15) is 20.0 Å². The average Bonchev–Trinajstić information content (AvgIpc) is 3.05. The van der Waals surface area contributed by atoms with Gasteiger partial charge in [-0.15, -0.1) is 0 Å². The van der Waals surface area contributed by atoms with Crippen molar-refractivity contribution in [2.24, 2.45) is 5.41 Å². The van der Waals surface area contributed by atoms with Crippen LogP contribution >= 0.6 is 0 Å². The molecule has 0 aromatic heterocycles. The third-order valence-electron chi connectivity index (χ3n) is 4.88. The van der Waals surface area contributed by atoms with Crippen molar-refractivity contribution in [2.45, 2.75) is 39.2 Å². The van der Waals surface area contributed by atoms with Gasteiger partial charge >= 0.3 is 0 Å². The summed E-state index contributed by atoms with van der Waals surface area (Å²) in [6.45, 7) is 4.97. The fourth-order valence-corrected chi connectivity index (χ4v) is 3.55. The number of allylic oxidation sites excluding steroid dienone is 3. The Bertz CT molecular complexity index is 630. The van der Waals surface area contributed by atoms with Crippen molar-refractivity contribution in [3.63, 3.8) is 0 Å². The summed E-state index contributed by atoms with van der Waals surface area (Å²) >= 11 is 0. The number of hydrogen-bond acceptors (Lipinski definition) is 4. The van der Waals surface area contributed by atoms with Gasteiger partial charge in [0.2, 0.25) is 0 Å². The zero-order chi connectivity index (χ0) is 14.2. The highest BCUT2D eigenvalue weighted by molar-refractivity contribution is 6.10. The number of nitro groups is 1. The molecule has 3 rings (SSSR count). The number of rotatable bonds is 1. The van der Waals surface area contributed by atoms with E-state index in [4.69, 9.17) is 0 Å². The van der Waals surface area contributed by atoms with Crippen LogP contribution in [0.4, 0.5) is 0 Å². The second kappa shape index (κ2) is 3.22. The Kier molecular flexibility index (Phi) is 2.08. The van der Waals surface area contributed by atoms with E-state index in [2.05, 4.69) is 0 Å². The molecule has 1 N–H and O–H groups in total. The van der Waals surface area contributed by atoms with Crippen molar-refractivity contribution >= 4 is 5.78 Å². The summed E-state index contributed by atoms with van der Waals surface area (Å²) in [6.07, 6.45) is 2.94. The first kappa shape index (κ1) is 12.3. The van der Waals surface area contributed by atoms with Crippen LogP contribution in [0.15, 0.2) is 34.1 Å². The number of ketones is 1. The van der Waals surface area contributed by atoms with Crippen molar-refractivity contribution in [1.82, 2.24) is 0 Å². The molecule has 3 aliphatic rings. The van der Waals surface area contributed by atoms with E-state index >= 15 is 0 Å². The van der Waals surface area contributed by atoms with E-state index in [1.807, 2.05) is 0 Å². The number of hydrogen-bond donors (Lipinski definition) is 1. The summed E-state index contributed by atoms with van der Waals surface area (Å²) in [7, 11) is 0. The van der Waals surface area contributed by atoms with Crippen molar-refractivity contribution in [1.29, 1.82) is 0 Å². The van der Waals surface area contributed by atoms with E-state index in [1.165, 1.54) is 13.0 Å². The quantitative estimate of drug-likeness (QED) is 0.577. The fraction of sp³-hybridized carbons (Fsp3) is 0.500. The number of aliphatic hydroxyl groups is 1. The van der Waals surface area contributed by atoms with Crippen LogP contribution in [0.1, 0.15) is 33.6 Å². The molecular formula is C14H15NO4. The van der Waals surface area contributed by atoms with E-state index < -0.39 is 15.9 Å². The summed E-state index contributed by atoms with van der Waals surface area (Å²) in [5, 5.41) is 21.8. The maximum Gasteiger partial charge on any atom is 0.280 e. The van der Waals surface area contributed by atoms with Crippen LogP contribution in [0.25, 0.3) is 0 Å². The molecule has 0 heterocycles. The number of carbonyl (C=O) groups is 1. The van der Waals surface area contributed by atoms with Crippen LogP contribution in [0.5, 0.6) is 0 Å². The highest BCUT2D eigenvalue weighted by Gasteiger charge is 2.66. The van der Waals surface area contributed by atoms with E-state index in [0.29, 0.717) is 29.6 Å². The molecule has 19 heavy (non-hydrogen) atoms. The number of carbonyl (C=O) groups excluding carboxylic acids is 1. The Morgan fingerprint density at radius 2 is 1.95 bits per heavy atom. The molecule has 0 bridgehead atoms. The van der Waals surface area contributed by atoms with Gasteiger partial charge in [0.15, 0.2) is 5.78 Å². The van der Waals surface area contributed by atoms with Gasteiger partial charge in [0, 0.05) is 16.6 Å². The predicted molar refractivity (Wildman–Crippen MR) is 67.8 cm³/mol. The Labute approximate surface area is 110 Å². The highest BCUT2D eigenvalue weighted by atomic mass is 16.6. The van der Waals surface area contributed by atoms with Crippen LogP contribution in [0, 0.1) is 15.5 Å². The normalized spacial score (nSPS) is 31.8. The van der Waals surface area contributed by atoms with Crippen LogP contribution < -0.4 is 0 Å². The summed E-state index contributed by atoms with van der Waals surface area (Å²) in [5.41, 5.74) is -0.0204. The molecule has 0 unspecified atom stereocenters. The van der Waals surface area contributed by atoms with E-state index in [0.717, 1.165) is 5.57 Å². The van der Waals surface area contributed by atoms with Crippen molar-refractivity contribution < 1.29 is 14.8 Å². The maximum atomic E-state index is 12.4. The molecule has 0 amide bonds. The highest BCUT2D eigenvalue weighted by Crippen LogP contribution is 2.64. The largest absolute Gasteiger partial charge is 0.381 e. The van der Waals surface area contributed by atoms with Crippen molar-refractivity contribution in [3.8, 4) is 0 Å². The van der Waals surface area contributed by atoms with Crippen molar-refractivity contribution in [2.75, 3.05) is 0 Å². The molecule has 3 aliphatic carbocycles. The molecule has 1 fully saturated rings. The fourth-order valence-electron chi connectivity index (χ4n) is 3.55. The summed E-state index contributed by atoms with van der Waals surface area (Å²) in [5.74, 6) is -0.387. The van der Waals surface area contributed by atoms with Gasteiger partial charge in [0.05, 0.1) is 10.5 Å². The Balaban J connectivity index is 2.30. The van der Waals surface area contributed by atoms with Gasteiger partial charge in [0.25, 0.3) is 5.70 Å². The van der Waals surface area contributed by atoms with Crippen LogP contribution in [-0.4, -0.2) is 21.4 Å². The predicted octanol–water partition coefficient (Wildman–Crippen LogP) is 1.91. The van der Waals surface area contributed by atoms with Gasteiger partial charge in [-0.25, -0.2) is 0 Å². The van der Waals surface area contributed by atoms with Gasteiger partial charge in [0.1, 0.15) is 5.60 Å². The first-order valence-corrected chi connectivity index (χ1v) is 6.30. The summed E-state index contributed by atoms with van der Waals surface area (Å²) in [4.78, 5) is 23.2. The number of Topliss-reactive ketones (excluding diaryl/α,β-unsaturated/α-hetero) is 1. The minimum Gasteiger partial charge on any atom is -0.381 e. The van der Waals surface area contributed by atoms with Crippen LogP contribution in [-0.2, 0) is 4.79 Å². The second-order valence-corrected chi connectivity index (χ2v) is 5.83.